The quantitative estimate of drug-likeness (QED) is 0.809. The van der Waals surface area contributed by atoms with Gasteiger partial charge in [0.15, 0.2) is 0 Å². The molecule has 2 aromatic carbocycles. The number of amides is 1. The fourth-order valence-electron chi connectivity index (χ4n) is 3.45. The van der Waals surface area contributed by atoms with Crippen LogP contribution in [0.2, 0.25) is 0 Å². The summed E-state index contributed by atoms with van der Waals surface area (Å²) in [6.45, 7) is 0.972. The molecule has 0 bridgehead atoms. The highest BCUT2D eigenvalue weighted by atomic mass is 19.1. The molecule has 0 radical (unpaired) electrons. The molecule has 1 aliphatic rings. The van der Waals surface area contributed by atoms with Crippen molar-refractivity contribution in [1.82, 2.24) is 4.90 Å². The number of hydrogen-bond acceptors (Lipinski definition) is 3. The second-order valence-corrected chi connectivity index (χ2v) is 6.91. The summed E-state index contributed by atoms with van der Waals surface area (Å²) in [7, 11) is 0. The third-order valence-corrected chi connectivity index (χ3v) is 4.81. The van der Waals surface area contributed by atoms with Crippen molar-refractivity contribution in [3.05, 3.63) is 65.7 Å². The van der Waals surface area contributed by atoms with Gasteiger partial charge in [-0.25, -0.2) is 8.78 Å². The minimum atomic E-state index is -0.445. The molecule has 0 saturated carbocycles. The molecular formula is C21H24F2N2O2. The molecule has 2 aromatic rings. The molecule has 4 nitrogen and oxygen atoms in total. The van der Waals surface area contributed by atoms with Gasteiger partial charge in [-0.05, 0) is 43.0 Å². The molecular weight excluding hydrogens is 350 g/mol. The van der Waals surface area contributed by atoms with Crippen molar-refractivity contribution in [2.75, 3.05) is 13.2 Å². The van der Waals surface area contributed by atoms with E-state index in [1.54, 1.807) is 35.2 Å². The maximum atomic E-state index is 13.7. The van der Waals surface area contributed by atoms with Crippen LogP contribution < -0.4 is 10.5 Å². The first kappa shape index (κ1) is 19.3. The van der Waals surface area contributed by atoms with Crippen molar-refractivity contribution in [2.24, 2.45) is 5.73 Å². The summed E-state index contributed by atoms with van der Waals surface area (Å²) in [6, 6.07) is 11.9. The highest BCUT2D eigenvalue weighted by Gasteiger charge is 2.30. The Morgan fingerprint density at radius 1 is 1.22 bits per heavy atom. The van der Waals surface area contributed by atoms with Gasteiger partial charge in [-0.1, -0.05) is 24.3 Å². The molecule has 1 amide bonds. The van der Waals surface area contributed by atoms with Crippen LogP contribution in [0.3, 0.4) is 0 Å². The Morgan fingerprint density at radius 2 is 2.04 bits per heavy atom. The van der Waals surface area contributed by atoms with E-state index in [2.05, 4.69) is 0 Å². The van der Waals surface area contributed by atoms with Crippen molar-refractivity contribution in [3.63, 3.8) is 0 Å². The van der Waals surface area contributed by atoms with E-state index in [0.717, 1.165) is 12.8 Å². The highest BCUT2D eigenvalue weighted by molar-refractivity contribution is 5.77. The van der Waals surface area contributed by atoms with E-state index < -0.39 is 6.04 Å². The van der Waals surface area contributed by atoms with Crippen LogP contribution in [0, 0.1) is 11.6 Å². The topological polar surface area (TPSA) is 55.6 Å². The molecule has 1 unspecified atom stereocenters. The number of likely N-dealkylation sites (tertiary alicyclic amines) is 1. The zero-order valence-electron chi connectivity index (χ0n) is 15.1. The van der Waals surface area contributed by atoms with E-state index in [4.69, 9.17) is 10.5 Å². The Labute approximate surface area is 157 Å². The van der Waals surface area contributed by atoms with Gasteiger partial charge in [0.05, 0.1) is 6.04 Å². The maximum Gasteiger partial charge on any atom is 0.224 e. The Balaban J connectivity index is 1.53. The van der Waals surface area contributed by atoms with Gasteiger partial charge < -0.3 is 15.4 Å². The van der Waals surface area contributed by atoms with Gasteiger partial charge in [-0.3, -0.25) is 4.79 Å². The summed E-state index contributed by atoms with van der Waals surface area (Å²) in [5.41, 5.74) is 6.60. The fourth-order valence-corrected chi connectivity index (χ4v) is 3.45. The van der Waals surface area contributed by atoms with Crippen LogP contribution in [-0.2, 0) is 11.2 Å². The van der Waals surface area contributed by atoms with Crippen LogP contribution in [-0.4, -0.2) is 36.0 Å². The Morgan fingerprint density at radius 3 is 2.81 bits per heavy atom. The molecule has 1 heterocycles. The summed E-state index contributed by atoms with van der Waals surface area (Å²) in [5.74, 6) is -0.261. The van der Waals surface area contributed by atoms with Crippen molar-refractivity contribution in [3.8, 4) is 5.75 Å². The van der Waals surface area contributed by atoms with E-state index >= 15 is 0 Å². The number of carbonyl (C=O) groups excluding carboxylic acids is 1. The van der Waals surface area contributed by atoms with Crippen LogP contribution >= 0.6 is 0 Å². The normalized spacial score (nSPS) is 17.7. The van der Waals surface area contributed by atoms with Crippen molar-refractivity contribution < 1.29 is 18.3 Å². The Hall–Kier alpha value is -2.47. The van der Waals surface area contributed by atoms with E-state index in [-0.39, 0.29) is 30.0 Å². The fraction of sp³-hybridized carbons (Fsp3) is 0.381. The summed E-state index contributed by atoms with van der Waals surface area (Å²) < 4.78 is 32.6. The smallest absolute Gasteiger partial charge is 0.224 e. The van der Waals surface area contributed by atoms with Crippen LogP contribution in [0.5, 0.6) is 5.75 Å². The first-order chi connectivity index (χ1) is 13.0. The van der Waals surface area contributed by atoms with Crippen LogP contribution in [0.4, 0.5) is 8.78 Å². The van der Waals surface area contributed by atoms with Gasteiger partial charge in [0.1, 0.15) is 24.0 Å². The lowest BCUT2D eigenvalue weighted by atomic mass is 10.0. The highest BCUT2D eigenvalue weighted by Crippen LogP contribution is 2.21. The average Bonchev–Trinajstić information content (AvgIpc) is 3.11. The predicted molar refractivity (Wildman–Crippen MR) is 99.3 cm³/mol. The van der Waals surface area contributed by atoms with Gasteiger partial charge >= 0.3 is 0 Å². The summed E-state index contributed by atoms with van der Waals surface area (Å²) >= 11 is 0. The molecule has 0 aliphatic carbocycles. The minimum absolute atomic E-state index is 0.0517. The van der Waals surface area contributed by atoms with Crippen LogP contribution in [0.15, 0.2) is 48.5 Å². The Bertz CT molecular complexity index is 784. The van der Waals surface area contributed by atoms with Crippen LogP contribution in [0.25, 0.3) is 0 Å². The lowest BCUT2D eigenvalue weighted by Gasteiger charge is -2.26. The van der Waals surface area contributed by atoms with E-state index in [1.807, 2.05) is 0 Å². The zero-order chi connectivity index (χ0) is 19.2. The lowest BCUT2D eigenvalue weighted by molar-refractivity contribution is -0.132. The molecule has 1 saturated heterocycles. The number of benzene rings is 2. The molecule has 2 atom stereocenters. The monoisotopic (exact) mass is 374 g/mol. The largest absolute Gasteiger partial charge is 0.491 e. The molecule has 144 valence electrons. The van der Waals surface area contributed by atoms with Crippen molar-refractivity contribution >= 4 is 5.91 Å². The summed E-state index contributed by atoms with van der Waals surface area (Å²) in [6.07, 6.45) is 2.20. The second kappa shape index (κ2) is 8.95. The number of halogens is 2. The summed E-state index contributed by atoms with van der Waals surface area (Å²) in [5, 5.41) is 0. The van der Waals surface area contributed by atoms with E-state index in [9.17, 15) is 13.6 Å². The standard InChI is InChI=1S/C21H24F2N2O2/c22-16-6-3-8-19(12-16)27-14-18-7-4-10-25(18)21(26)13-17(24)11-15-5-1-2-9-20(15)23/h1-3,5-6,8-9,12,17-18H,4,7,10-11,13-14,24H2/t17?,18-/m0/s1. The SMILES string of the molecule is NC(CC(=O)N1CCC[C@H]1COc1cccc(F)c1)Cc1ccccc1F. The van der Waals surface area contributed by atoms with E-state index in [0.29, 0.717) is 30.9 Å². The predicted octanol–water partition coefficient (Wildman–Crippen LogP) is 3.29. The Kier molecular flexibility index (Phi) is 6.40. The third kappa shape index (κ3) is 5.26. The number of nitrogens with two attached hydrogens (primary N) is 1. The first-order valence-corrected chi connectivity index (χ1v) is 9.20. The number of ether oxygens (including phenoxy) is 1. The van der Waals surface area contributed by atoms with Crippen LogP contribution in [0.1, 0.15) is 24.8 Å². The zero-order valence-corrected chi connectivity index (χ0v) is 15.1. The van der Waals surface area contributed by atoms with Gasteiger partial charge in [-0.15, -0.1) is 0 Å². The van der Waals surface area contributed by atoms with Gasteiger partial charge in [0, 0.05) is 25.1 Å². The number of rotatable bonds is 7. The molecule has 1 fully saturated rings. The second-order valence-electron chi connectivity index (χ2n) is 6.91. The van der Waals surface area contributed by atoms with Crippen molar-refractivity contribution in [2.45, 2.75) is 37.8 Å². The minimum Gasteiger partial charge on any atom is -0.491 e. The third-order valence-electron chi connectivity index (χ3n) is 4.81. The molecule has 6 heteroatoms. The average molecular weight is 374 g/mol. The van der Waals surface area contributed by atoms with Gasteiger partial charge in [-0.2, -0.15) is 0 Å². The van der Waals surface area contributed by atoms with Crippen molar-refractivity contribution in [1.29, 1.82) is 0 Å². The van der Waals surface area contributed by atoms with E-state index in [1.165, 1.54) is 18.2 Å². The number of nitrogens with zero attached hydrogens (tertiary/aromatic N) is 1. The molecule has 1 aliphatic heterocycles. The number of hydrogen-bond donors (Lipinski definition) is 1. The summed E-state index contributed by atoms with van der Waals surface area (Å²) in [4.78, 5) is 14.4. The maximum absolute atomic E-state index is 13.7. The molecule has 2 N–H and O–H groups in total. The molecule has 3 rings (SSSR count). The van der Waals surface area contributed by atoms with Gasteiger partial charge in [0.2, 0.25) is 5.91 Å². The van der Waals surface area contributed by atoms with Gasteiger partial charge in [0.25, 0.3) is 0 Å². The number of carbonyl (C=O) groups is 1. The first-order valence-electron chi connectivity index (χ1n) is 9.20. The lowest BCUT2D eigenvalue weighted by Crippen LogP contribution is -2.42. The molecule has 27 heavy (non-hydrogen) atoms. The molecule has 0 aromatic heterocycles. The molecule has 0 spiro atoms.